The van der Waals surface area contributed by atoms with Gasteiger partial charge in [0.05, 0.1) is 19.6 Å². The number of carbonyl (C=O) groups is 6. The molecule has 0 saturated carbocycles. The summed E-state index contributed by atoms with van der Waals surface area (Å²) in [5, 5.41) is 11.6. The zero-order valence-electron chi connectivity index (χ0n) is 41.0. The molecule has 0 fully saturated rings. The number of carboxylic acid groups (broad SMARTS) is 1. The van der Waals surface area contributed by atoms with Crippen LogP contribution in [0, 0.1) is 17.3 Å². The van der Waals surface area contributed by atoms with Gasteiger partial charge in [0.1, 0.15) is 6.61 Å². The van der Waals surface area contributed by atoms with Crippen LogP contribution in [0.5, 0.6) is 0 Å². The number of carbonyl (C=O) groups excluding carboxylic acids is 5. The van der Waals surface area contributed by atoms with E-state index in [1.807, 2.05) is 0 Å². The van der Waals surface area contributed by atoms with Gasteiger partial charge in [0.15, 0.2) is 6.10 Å². The quantitative estimate of drug-likeness (QED) is 0.0339. The summed E-state index contributed by atoms with van der Waals surface area (Å²) in [4.78, 5) is 75.5. The maximum atomic E-state index is 13.2. The van der Waals surface area contributed by atoms with Gasteiger partial charge in [-0.2, -0.15) is 0 Å². The molecule has 0 saturated heterocycles. The molecule has 0 aliphatic rings. The van der Waals surface area contributed by atoms with Gasteiger partial charge in [-0.05, 0) is 50.4 Å². The average molecular weight is 896 g/mol. The van der Waals surface area contributed by atoms with E-state index in [1.54, 1.807) is 13.8 Å². The summed E-state index contributed by atoms with van der Waals surface area (Å²) in [6.07, 6.45) is 26.8. The van der Waals surface area contributed by atoms with Gasteiger partial charge in [-0.15, -0.1) is 0 Å². The summed E-state index contributed by atoms with van der Waals surface area (Å²) < 4.78 is 22.5. The fraction of sp³-hybridized carbons (Fsp3) is 0.882. The van der Waals surface area contributed by atoms with Gasteiger partial charge in [0.2, 0.25) is 0 Å². The molecule has 1 amide bonds. The molecule has 0 radical (unpaired) electrons. The first-order chi connectivity index (χ1) is 30.3. The monoisotopic (exact) mass is 896 g/mol. The lowest BCUT2D eigenvalue weighted by atomic mass is 9.86. The Hall–Kier alpha value is -3.18. The van der Waals surface area contributed by atoms with Crippen molar-refractivity contribution in [1.82, 2.24) is 5.32 Å². The number of ether oxygens (including phenoxy) is 4. The second-order valence-corrected chi connectivity index (χ2v) is 18.6. The van der Waals surface area contributed by atoms with Crippen LogP contribution in [-0.4, -0.2) is 73.3 Å². The predicted molar refractivity (Wildman–Crippen MR) is 250 cm³/mol. The van der Waals surface area contributed by atoms with Crippen molar-refractivity contribution in [3.8, 4) is 0 Å². The zero-order valence-corrected chi connectivity index (χ0v) is 41.0. The summed E-state index contributed by atoms with van der Waals surface area (Å²) in [7, 11) is 0. The smallest absolute Gasteiger partial charge is 0.306 e. The van der Waals surface area contributed by atoms with E-state index >= 15 is 0 Å². The van der Waals surface area contributed by atoms with Crippen molar-refractivity contribution >= 4 is 35.8 Å². The Morgan fingerprint density at radius 2 is 0.810 bits per heavy atom. The first kappa shape index (κ1) is 59.8. The highest BCUT2D eigenvalue weighted by Crippen LogP contribution is 2.26. The van der Waals surface area contributed by atoms with Gasteiger partial charge in [0.25, 0.3) is 5.91 Å². The van der Waals surface area contributed by atoms with E-state index in [1.165, 1.54) is 103 Å². The number of carboxylic acids is 1. The van der Waals surface area contributed by atoms with Gasteiger partial charge >= 0.3 is 29.8 Å². The molecular formula is C51H93NO11. The Bertz CT molecular complexity index is 1210. The summed E-state index contributed by atoms with van der Waals surface area (Å²) in [6.45, 7) is 12.3. The lowest BCUT2D eigenvalue weighted by Crippen LogP contribution is -2.49. The Labute approximate surface area is 383 Å². The van der Waals surface area contributed by atoms with Crippen molar-refractivity contribution < 1.29 is 52.8 Å². The lowest BCUT2D eigenvalue weighted by molar-refractivity contribution is -0.169. The lowest BCUT2D eigenvalue weighted by Gasteiger charge is -2.32. The molecule has 0 aromatic carbocycles. The normalized spacial score (nSPS) is 12.9. The molecule has 0 aliphatic carbocycles. The fourth-order valence-corrected chi connectivity index (χ4v) is 7.65. The number of aliphatic carboxylic acids is 1. The van der Waals surface area contributed by atoms with Gasteiger partial charge in [-0.1, -0.05) is 170 Å². The molecule has 12 nitrogen and oxygen atoms in total. The van der Waals surface area contributed by atoms with Gasteiger partial charge in [-0.3, -0.25) is 28.8 Å². The number of esters is 4. The van der Waals surface area contributed by atoms with Crippen molar-refractivity contribution in [2.45, 2.75) is 247 Å². The van der Waals surface area contributed by atoms with E-state index in [-0.39, 0.29) is 70.0 Å². The third-order valence-electron chi connectivity index (χ3n) is 11.8. The highest BCUT2D eigenvalue weighted by molar-refractivity contribution is 5.85. The van der Waals surface area contributed by atoms with Gasteiger partial charge in [-0.25, -0.2) is 0 Å². The number of unbranched alkanes of at least 4 members (excludes halogenated alkanes) is 16. The van der Waals surface area contributed by atoms with E-state index in [0.717, 1.165) is 51.4 Å². The zero-order chi connectivity index (χ0) is 47.0. The van der Waals surface area contributed by atoms with Crippen LogP contribution in [0.3, 0.4) is 0 Å². The maximum absolute atomic E-state index is 13.2. The standard InChI is InChI=1S/C51H93NO11/c1-7-11-15-19-21-25-31-42(29-23-17-13-9-3)39-60-45(55)33-27-35-47(57)62-41-51(5,6)49(50(59)52-38-37-44(53)54)63-48(58)36-28-34-46(56)61-40-43(30-24-18-14-10-4)32-26-22-20-16-12-8-2/h42-43,49H,7-41H2,1-6H3,(H,52,59)(H,53,54)/t42?,43?,49-/m0/s1. The summed E-state index contributed by atoms with van der Waals surface area (Å²) in [5.74, 6) is -3.16. The molecule has 12 heteroatoms. The SMILES string of the molecule is CCCCCCCCC(CCCCCC)COC(=O)CCCC(=O)OCC(C)(C)[C@@H](OC(=O)CCCC(=O)OCC(CCCCCC)CCCCCCCC)C(=O)NCCC(=O)O. The van der Waals surface area contributed by atoms with E-state index in [4.69, 9.17) is 24.1 Å². The van der Waals surface area contributed by atoms with Crippen LogP contribution in [0.2, 0.25) is 0 Å². The van der Waals surface area contributed by atoms with Gasteiger partial charge < -0.3 is 29.4 Å². The molecule has 0 bridgehead atoms. The maximum Gasteiger partial charge on any atom is 0.306 e. The molecule has 2 unspecified atom stereocenters. The molecule has 2 N–H and O–H groups in total. The summed E-state index contributed by atoms with van der Waals surface area (Å²) >= 11 is 0. The molecule has 0 spiro atoms. The Morgan fingerprint density at radius 1 is 0.460 bits per heavy atom. The first-order valence-corrected chi connectivity index (χ1v) is 25.4. The molecule has 0 heterocycles. The van der Waals surface area contributed by atoms with Crippen LogP contribution >= 0.6 is 0 Å². The van der Waals surface area contributed by atoms with E-state index in [9.17, 15) is 28.8 Å². The second-order valence-electron chi connectivity index (χ2n) is 18.6. The Balaban J connectivity index is 5.06. The highest BCUT2D eigenvalue weighted by Gasteiger charge is 2.40. The van der Waals surface area contributed by atoms with Crippen molar-refractivity contribution in [2.24, 2.45) is 17.3 Å². The van der Waals surface area contributed by atoms with Crippen LogP contribution < -0.4 is 5.32 Å². The highest BCUT2D eigenvalue weighted by atomic mass is 16.6. The molecule has 0 aromatic heterocycles. The third kappa shape index (κ3) is 35.8. The summed E-state index contributed by atoms with van der Waals surface area (Å²) in [5.41, 5.74) is -1.19. The van der Waals surface area contributed by atoms with Crippen LogP contribution in [0.1, 0.15) is 241 Å². The average Bonchev–Trinajstić information content (AvgIpc) is 3.24. The largest absolute Gasteiger partial charge is 0.481 e. The van der Waals surface area contributed by atoms with Crippen molar-refractivity contribution in [2.75, 3.05) is 26.4 Å². The fourth-order valence-electron chi connectivity index (χ4n) is 7.65. The minimum atomic E-state index is -1.41. The topological polar surface area (TPSA) is 172 Å². The number of amides is 1. The predicted octanol–water partition coefficient (Wildman–Crippen LogP) is 12.2. The van der Waals surface area contributed by atoms with Crippen LogP contribution in [-0.2, 0) is 47.7 Å². The van der Waals surface area contributed by atoms with Crippen molar-refractivity contribution in [3.63, 3.8) is 0 Å². The molecular weight excluding hydrogens is 803 g/mol. The van der Waals surface area contributed by atoms with Gasteiger partial charge in [0, 0.05) is 37.6 Å². The molecule has 0 rings (SSSR count). The second kappa shape index (κ2) is 40.3. The first-order valence-electron chi connectivity index (χ1n) is 25.4. The van der Waals surface area contributed by atoms with Crippen molar-refractivity contribution in [3.05, 3.63) is 0 Å². The van der Waals surface area contributed by atoms with Crippen LogP contribution in [0.4, 0.5) is 0 Å². The van der Waals surface area contributed by atoms with Crippen LogP contribution in [0.15, 0.2) is 0 Å². The minimum absolute atomic E-state index is 0.0253. The molecule has 0 aromatic rings. The van der Waals surface area contributed by atoms with Crippen molar-refractivity contribution in [1.29, 1.82) is 0 Å². The Kier molecular flexibility index (Phi) is 38.3. The van der Waals surface area contributed by atoms with Crippen LogP contribution in [0.25, 0.3) is 0 Å². The number of rotatable bonds is 44. The number of hydrogen-bond donors (Lipinski definition) is 2. The molecule has 0 aliphatic heterocycles. The van der Waals surface area contributed by atoms with E-state index in [0.29, 0.717) is 25.0 Å². The minimum Gasteiger partial charge on any atom is -0.481 e. The molecule has 63 heavy (non-hydrogen) atoms. The molecule has 3 atom stereocenters. The van der Waals surface area contributed by atoms with E-state index < -0.39 is 35.3 Å². The Morgan fingerprint density at radius 3 is 1.21 bits per heavy atom. The third-order valence-corrected chi connectivity index (χ3v) is 11.8. The number of hydrogen-bond acceptors (Lipinski definition) is 10. The number of nitrogens with one attached hydrogen (secondary N) is 1. The van der Waals surface area contributed by atoms with E-state index in [2.05, 4.69) is 33.0 Å². The summed E-state index contributed by atoms with van der Waals surface area (Å²) in [6, 6.07) is 0. The molecule has 368 valence electrons.